The Balaban J connectivity index is 1.45. The SMILES string of the molecule is O=C(NCC1CC(=O)N(Cc2ccccc2)C1)Nc1ccccc1. The molecule has 1 heterocycles. The highest BCUT2D eigenvalue weighted by Crippen LogP contribution is 2.19. The van der Waals surface area contributed by atoms with Crippen LogP contribution in [0.15, 0.2) is 60.7 Å². The standard InChI is InChI=1S/C19H21N3O2/c23-18-11-16(14-22(18)13-15-7-3-1-4-8-15)12-20-19(24)21-17-9-5-2-6-10-17/h1-10,16H,11-14H2,(H2,20,21,24). The first-order valence-electron chi connectivity index (χ1n) is 8.12. The Morgan fingerprint density at radius 1 is 1.04 bits per heavy atom. The Morgan fingerprint density at radius 3 is 2.42 bits per heavy atom. The lowest BCUT2D eigenvalue weighted by Crippen LogP contribution is -2.34. The van der Waals surface area contributed by atoms with E-state index in [4.69, 9.17) is 0 Å². The summed E-state index contributed by atoms with van der Waals surface area (Å²) in [5, 5.41) is 5.63. The number of rotatable bonds is 5. The van der Waals surface area contributed by atoms with Gasteiger partial charge in [-0.2, -0.15) is 0 Å². The average Bonchev–Trinajstić information content (AvgIpc) is 2.95. The summed E-state index contributed by atoms with van der Waals surface area (Å²) in [4.78, 5) is 25.9. The number of hydrogen-bond donors (Lipinski definition) is 2. The minimum atomic E-state index is -0.241. The van der Waals surface area contributed by atoms with Crippen LogP contribution in [0.3, 0.4) is 0 Å². The number of benzene rings is 2. The van der Waals surface area contributed by atoms with Crippen LogP contribution in [0.5, 0.6) is 0 Å². The number of nitrogens with zero attached hydrogens (tertiary/aromatic N) is 1. The van der Waals surface area contributed by atoms with Crippen molar-refractivity contribution in [3.63, 3.8) is 0 Å². The van der Waals surface area contributed by atoms with E-state index in [-0.39, 0.29) is 17.9 Å². The molecule has 1 unspecified atom stereocenters. The quantitative estimate of drug-likeness (QED) is 0.889. The first-order valence-corrected chi connectivity index (χ1v) is 8.12. The van der Waals surface area contributed by atoms with Crippen molar-refractivity contribution >= 4 is 17.6 Å². The molecule has 0 bridgehead atoms. The van der Waals surface area contributed by atoms with Crippen molar-refractivity contribution in [3.8, 4) is 0 Å². The Hall–Kier alpha value is -2.82. The average molecular weight is 323 g/mol. The highest BCUT2D eigenvalue weighted by molar-refractivity contribution is 5.89. The normalized spacial score (nSPS) is 16.9. The lowest BCUT2D eigenvalue weighted by atomic mass is 10.1. The van der Waals surface area contributed by atoms with Crippen LogP contribution in [0.25, 0.3) is 0 Å². The summed E-state index contributed by atoms with van der Waals surface area (Å²) in [5.41, 5.74) is 1.88. The number of carbonyl (C=O) groups excluding carboxylic acids is 2. The van der Waals surface area contributed by atoms with Gasteiger partial charge in [-0.05, 0) is 17.7 Å². The fourth-order valence-corrected chi connectivity index (χ4v) is 2.88. The number of amides is 3. The molecular formula is C19H21N3O2. The van der Waals surface area contributed by atoms with E-state index in [0.29, 0.717) is 26.1 Å². The molecule has 0 spiro atoms. The smallest absolute Gasteiger partial charge is 0.319 e. The maximum Gasteiger partial charge on any atom is 0.319 e. The van der Waals surface area contributed by atoms with Gasteiger partial charge in [0.1, 0.15) is 0 Å². The summed E-state index contributed by atoms with van der Waals surface area (Å²) in [6.45, 7) is 1.81. The van der Waals surface area contributed by atoms with Crippen molar-refractivity contribution in [2.45, 2.75) is 13.0 Å². The van der Waals surface area contributed by atoms with E-state index in [1.54, 1.807) is 0 Å². The van der Waals surface area contributed by atoms with E-state index >= 15 is 0 Å². The molecule has 5 heteroatoms. The van der Waals surface area contributed by atoms with Gasteiger partial charge in [-0.25, -0.2) is 4.79 Å². The molecule has 3 rings (SSSR count). The Kier molecular flexibility index (Phi) is 5.11. The topological polar surface area (TPSA) is 61.4 Å². The zero-order valence-corrected chi connectivity index (χ0v) is 13.4. The Morgan fingerprint density at radius 2 is 1.71 bits per heavy atom. The monoisotopic (exact) mass is 323 g/mol. The van der Waals surface area contributed by atoms with Crippen LogP contribution in [0.1, 0.15) is 12.0 Å². The van der Waals surface area contributed by atoms with E-state index in [2.05, 4.69) is 10.6 Å². The number of carbonyl (C=O) groups is 2. The molecule has 0 aliphatic carbocycles. The van der Waals surface area contributed by atoms with Crippen molar-refractivity contribution < 1.29 is 9.59 Å². The van der Waals surface area contributed by atoms with Gasteiger partial charge in [0.25, 0.3) is 0 Å². The van der Waals surface area contributed by atoms with Gasteiger partial charge in [0.05, 0.1) is 0 Å². The summed E-state index contributed by atoms with van der Waals surface area (Å²) in [7, 11) is 0. The first-order chi connectivity index (χ1) is 11.7. The number of hydrogen-bond acceptors (Lipinski definition) is 2. The first kappa shape index (κ1) is 16.1. The minimum Gasteiger partial charge on any atom is -0.338 e. The molecule has 0 aromatic heterocycles. The number of likely N-dealkylation sites (tertiary alicyclic amines) is 1. The fraction of sp³-hybridized carbons (Fsp3) is 0.263. The third-order valence-electron chi connectivity index (χ3n) is 4.09. The van der Waals surface area contributed by atoms with Gasteiger partial charge < -0.3 is 15.5 Å². The predicted molar refractivity (Wildman–Crippen MR) is 93.4 cm³/mol. The molecule has 2 aromatic carbocycles. The van der Waals surface area contributed by atoms with Crippen LogP contribution in [-0.2, 0) is 11.3 Å². The minimum absolute atomic E-state index is 0.147. The predicted octanol–water partition coefficient (Wildman–Crippen LogP) is 2.86. The largest absolute Gasteiger partial charge is 0.338 e. The molecule has 24 heavy (non-hydrogen) atoms. The Bertz CT molecular complexity index is 688. The second kappa shape index (κ2) is 7.64. The molecule has 1 atom stereocenters. The third kappa shape index (κ3) is 4.35. The van der Waals surface area contributed by atoms with Crippen LogP contribution in [0, 0.1) is 5.92 Å². The molecule has 3 amide bonds. The van der Waals surface area contributed by atoms with Gasteiger partial charge in [0, 0.05) is 37.7 Å². The molecule has 0 radical (unpaired) electrons. The molecule has 0 saturated carbocycles. The van der Waals surface area contributed by atoms with Crippen LogP contribution in [-0.4, -0.2) is 29.9 Å². The van der Waals surface area contributed by atoms with Crippen molar-refractivity contribution in [2.24, 2.45) is 5.92 Å². The second-order valence-electron chi connectivity index (χ2n) is 6.03. The molecule has 2 aromatic rings. The highest BCUT2D eigenvalue weighted by Gasteiger charge is 2.29. The molecular weight excluding hydrogens is 302 g/mol. The van der Waals surface area contributed by atoms with Crippen molar-refractivity contribution in [3.05, 3.63) is 66.2 Å². The molecule has 5 nitrogen and oxygen atoms in total. The van der Waals surface area contributed by atoms with Crippen LogP contribution in [0.4, 0.5) is 10.5 Å². The maximum absolute atomic E-state index is 12.1. The van der Waals surface area contributed by atoms with Gasteiger partial charge in [-0.1, -0.05) is 48.5 Å². The van der Waals surface area contributed by atoms with Gasteiger partial charge in [-0.3, -0.25) is 4.79 Å². The van der Waals surface area contributed by atoms with Crippen molar-refractivity contribution in [1.82, 2.24) is 10.2 Å². The van der Waals surface area contributed by atoms with E-state index in [0.717, 1.165) is 11.3 Å². The molecule has 1 aliphatic heterocycles. The maximum atomic E-state index is 12.1. The van der Waals surface area contributed by atoms with E-state index in [1.807, 2.05) is 65.6 Å². The lowest BCUT2D eigenvalue weighted by Gasteiger charge is -2.17. The summed E-state index contributed by atoms with van der Waals surface area (Å²) in [6, 6.07) is 19.0. The fourth-order valence-electron chi connectivity index (χ4n) is 2.88. The number of anilines is 1. The van der Waals surface area contributed by atoms with Gasteiger partial charge in [0.15, 0.2) is 0 Å². The van der Waals surface area contributed by atoms with Crippen LogP contribution >= 0.6 is 0 Å². The van der Waals surface area contributed by atoms with Gasteiger partial charge in [-0.15, -0.1) is 0 Å². The number of nitrogens with one attached hydrogen (secondary N) is 2. The highest BCUT2D eigenvalue weighted by atomic mass is 16.2. The van der Waals surface area contributed by atoms with Crippen molar-refractivity contribution in [2.75, 3.05) is 18.4 Å². The molecule has 1 saturated heterocycles. The molecule has 124 valence electrons. The summed E-state index contributed by atoms with van der Waals surface area (Å²) in [6.07, 6.45) is 0.485. The lowest BCUT2D eigenvalue weighted by molar-refractivity contribution is -0.128. The summed E-state index contributed by atoms with van der Waals surface area (Å²) < 4.78 is 0. The Labute approximate surface area is 141 Å². The zero-order valence-electron chi connectivity index (χ0n) is 13.4. The van der Waals surface area contributed by atoms with Crippen LogP contribution in [0.2, 0.25) is 0 Å². The van der Waals surface area contributed by atoms with E-state index < -0.39 is 0 Å². The zero-order chi connectivity index (χ0) is 16.8. The molecule has 1 aliphatic rings. The number of para-hydroxylation sites is 1. The number of urea groups is 1. The van der Waals surface area contributed by atoms with E-state index in [1.165, 1.54) is 0 Å². The third-order valence-corrected chi connectivity index (χ3v) is 4.09. The molecule has 1 fully saturated rings. The second-order valence-corrected chi connectivity index (χ2v) is 6.03. The van der Waals surface area contributed by atoms with Gasteiger partial charge in [0.2, 0.25) is 5.91 Å². The van der Waals surface area contributed by atoms with E-state index in [9.17, 15) is 9.59 Å². The summed E-state index contributed by atoms with van der Waals surface area (Å²) >= 11 is 0. The molecule has 2 N–H and O–H groups in total. The van der Waals surface area contributed by atoms with Gasteiger partial charge >= 0.3 is 6.03 Å². The summed E-state index contributed by atoms with van der Waals surface area (Å²) in [5.74, 6) is 0.303. The van der Waals surface area contributed by atoms with Crippen molar-refractivity contribution in [1.29, 1.82) is 0 Å². The van der Waals surface area contributed by atoms with Crippen LogP contribution < -0.4 is 10.6 Å².